The van der Waals surface area contributed by atoms with Crippen molar-refractivity contribution in [2.45, 2.75) is 6.92 Å². The van der Waals surface area contributed by atoms with Crippen molar-refractivity contribution >= 4 is 11.8 Å². The largest absolute Gasteiger partial charge is 0.330 e. The third kappa shape index (κ3) is 4.00. The van der Waals surface area contributed by atoms with E-state index in [9.17, 15) is 4.79 Å². The number of urea groups is 1. The fourth-order valence-corrected chi connectivity index (χ4v) is 1.47. The molecule has 100 valence electrons. The summed E-state index contributed by atoms with van der Waals surface area (Å²) in [4.78, 5) is 21.8. The van der Waals surface area contributed by atoms with E-state index in [2.05, 4.69) is 4.98 Å². The maximum atomic E-state index is 12.1. The number of hydrogen-bond donors (Lipinski definition) is 0. The lowest BCUT2D eigenvalue weighted by molar-refractivity contribution is 0.222. The summed E-state index contributed by atoms with van der Waals surface area (Å²) in [6.07, 6.45) is 1.78. The van der Waals surface area contributed by atoms with E-state index < -0.39 is 0 Å². The van der Waals surface area contributed by atoms with Crippen LogP contribution in [0.2, 0.25) is 0 Å². The molecule has 0 fully saturated rings. The summed E-state index contributed by atoms with van der Waals surface area (Å²) in [5.74, 6) is 0.696. The number of amides is 2. The Hall–Kier alpha value is -1.62. The zero-order chi connectivity index (χ0) is 13.7. The number of likely N-dealkylation sites (N-methyl/N-ethyl adjacent to an activating group) is 1. The number of aromatic nitrogens is 1. The van der Waals surface area contributed by atoms with Crippen LogP contribution < -0.4 is 4.90 Å². The van der Waals surface area contributed by atoms with Crippen LogP contribution in [0.25, 0.3) is 0 Å². The number of anilines is 1. The zero-order valence-electron chi connectivity index (χ0n) is 11.8. The van der Waals surface area contributed by atoms with Gasteiger partial charge in [-0.3, -0.25) is 4.90 Å². The Balaban J connectivity index is 2.89. The highest BCUT2D eigenvalue weighted by Gasteiger charge is 2.18. The molecule has 0 radical (unpaired) electrons. The monoisotopic (exact) mass is 250 g/mol. The van der Waals surface area contributed by atoms with Gasteiger partial charge < -0.3 is 9.80 Å². The normalized spacial score (nSPS) is 10.6. The van der Waals surface area contributed by atoms with Crippen LogP contribution in [0.4, 0.5) is 10.6 Å². The number of nitrogens with zero attached hydrogens (tertiary/aromatic N) is 4. The second-order valence-corrected chi connectivity index (χ2v) is 4.83. The van der Waals surface area contributed by atoms with Crippen molar-refractivity contribution in [3.8, 4) is 0 Å². The Kier molecular flexibility index (Phi) is 5.09. The molecule has 0 spiro atoms. The summed E-state index contributed by atoms with van der Waals surface area (Å²) >= 11 is 0. The van der Waals surface area contributed by atoms with Crippen LogP contribution in [0.3, 0.4) is 0 Å². The average Bonchev–Trinajstić information content (AvgIpc) is 2.30. The van der Waals surface area contributed by atoms with Crippen LogP contribution in [-0.4, -0.2) is 62.1 Å². The van der Waals surface area contributed by atoms with Crippen molar-refractivity contribution in [1.82, 2.24) is 14.8 Å². The first kappa shape index (κ1) is 14.4. The highest BCUT2D eigenvalue weighted by atomic mass is 16.2. The average molecular weight is 250 g/mol. The summed E-state index contributed by atoms with van der Waals surface area (Å²) < 4.78 is 0. The van der Waals surface area contributed by atoms with E-state index in [1.807, 2.05) is 38.1 Å². The molecule has 0 aromatic carbocycles. The van der Waals surface area contributed by atoms with Crippen LogP contribution in [0.15, 0.2) is 18.3 Å². The highest BCUT2D eigenvalue weighted by Crippen LogP contribution is 2.12. The molecule has 0 aliphatic carbocycles. The van der Waals surface area contributed by atoms with E-state index in [0.29, 0.717) is 12.4 Å². The van der Waals surface area contributed by atoms with E-state index in [4.69, 9.17) is 0 Å². The van der Waals surface area contributed by atoms with Gasteiger partial charge in [-0.1, -0.05) is 6.07 Å². The van der Waals surface area contributed by atoms with Gasteiger partial charge in [0.2, 0.25) is 0 Å². The standard InChI is InChI=1S/C13H22N4O/c1-11-6-7-12(14-10-11)17(9-8-15(2)3)13(18)16(4)5/h6-7,10H,8-9H2,1-5H3. The maximum absolute atomic E-state index is 12.1. The number of pyridine rings is 1. The van der Waals surface area contributed by atoms with Gasteiger partial charge in [-0.05, 0) is 32.6 Å². The first-order chi connectivity index (χ1) is 8.41. The molecule has 0 saturated carbocycles. The van der Waals surface area contributed by atoms with Crippen LogP contribution in [0, 0.1) is 6.92 Å². The van der Waals surface area contributed by atoms with E-state index in [1.54, 1.807) is 30.1 Å². The summed E-state index contributed by atoms with van der Waals surface area (Å²) in [6, 6.07) is 3.80. The Morgan fingerprint density at radius 2 is 1.83 bits per heavy atom. The number of carbonyl (C=O) groups is 1. The van der Waals surface area contributed by atoms with Gasteiger partial charge >= 0.3 is 6.03 Å². The quantitative estimate of drug-likeness (QED) is 0.812. The number of aryl methyl sites for hydroxylation is 1. The molecule has 1 aromatic rings. The molecule has 0 unspecified atom stereocenters. The summed E-state index contributed by atoms with van der Waals surface area (Å²) in [7, 11) is 7.47. The van der Waals surface area contributed by atoms with Crippen molar-refractivity contribution in [3.05, 3.63) is 23.9 Å². The van der Waals surface area contributed by atoms with Crippen LogP contribution in [0.5, 0.6) is 0 Å². The van der Waals surface area contributed by atoms with Gasteiger partial charge in [-0.25, -0.2) is 9.78 Å². The van der Waals surface area contributed by atoms with Crippen LogP contribution >= 0.6 is 0 Å². The second-order valence-electron chi connectivity index (χ2n) is 4.83. The fraction of sp³-hybridized carbons (Fsp3) is 0.538. The predicted molar refractivity (Wildman–Crippen MR) is 74.0 cm³/mol. The molecular formula is C13H22N4O. The van der Waals surface area contributed by atoms with Gasteiger partial charge in [0.25, 0.3) is 0 Å². The van der Waals surface area contributed by atoms with E-state index in [-0.39, 0.29) is 6.03 Å². The number of carbonyl (C=O) groups excluding carboxylic acids is 1. The lowest BCUT2D eigenvalue weighted by Gasteiger charge is -2.26. The Morgan fingerprint density at radius 3 is 2.28 bits per heavy atom. The van der Waals surface area contributed by atoms with Gasteiger partial charge in [0, 0.05) is 33.4 Å². The predicted octanol–water partition coefficient (Wildman–Crippen LogP) is 1.44. The Labute approximate surface area is 109 Å². The molecule has 1 heterocycles. The first-order valence-corrected chi connectivity index (χ1v) is 5.98. The van der Waals surface area contributed by atoms with Crippen molar-refractivity contribution in [3.63, 3.8) is 0 Å². The van der Waals surface area contributed by atoms with Crippen LogP contribution in [-0.2, 0) is 0 Å². The fourth-order valence-electron chi connectivity index (χ4n) is 1.47. The molecule has 0 saturated heterocycles. The molecule has 0 N–H and O–H groups in total. The number of rotatable bonds is 4. The van der Waals surface area contributed by atoms with Gasteiger partial charge in [0.15, 0.2) is 0 Å². The molecule has 18 heavy (non-hydrogen) atoms. The molecule has 0 bridgehead atoms. The highest BCUT2D eigenvalue weighted by molar-refractivity contribution is 5.90. The molecule has 1 rings (SSSR count). The zero-order valence-corrected chi connectivity index (χ0v) is 11.8. The summed E-state index contributed by atoms with van der Waals surface area (Å²) in [5.41, 5.74) is 1.09. The van der Waals surface area contributed by atoms with Crippen LogP contribution in [0.1, 0.15) is 5.56 Å². The molecule has 1 aromatic heterocycles. The minimum absolute atomic E-state index is 0.0480. The Bertz CT molecular complexity index is 386. The topological polar surface area (TPSA) is 39.7 Å². The summed E-state index contributed by atoms with van der Waals surface area (Å²) in [6.45, 7) is 3.41. The smallest absolute Gasteiger partial charge is 0.325 e. The van der Waals surface area contributed by atoms with Crippen molar-refractivity contribution in [1.29, 1.82) is 0 Å². The van der Waals surface area contributed by atoms with E-state index in [0.717, 1.165) is 12.1 Å². The van der Waals surface area contributed by atoms with Gasteiger partial charge in [-0.15, -0.1) is 0 Å². The molecule has 0 aliphatic heterocycles. The summed E-state index contributed by atoms with van der Waals surface area (Å²) in [5, 5.41) is 0. The minimum Gasteiger partial charge on any atom is -0.330 e. The molecular weight excluding hydrogens is 228 g/mol. The molecule has 0 aliphatic rings. The molecule has 2 amide bonds. The van der Waals surface area contributed by atoms with Gasteiger partial charge in [0.05, 0.1) is 0 Å². The SMILES string of the molecule is Cc1ccc(N(CCN(C)C)C(=O)N(C)C)nc1. The third-order valence-electron chi connectivity index (χ3n) is 2.56. The first-order valence-electron chi connectivity index (χ1n) is 5.98. The van der Waals surface area contributed by atoms with Gasteiger partial charge in [-0.2, -0.15) is 0 Å². The van der Waals surface area contributed by atoms with Crippen molar-refractivity contribution in [2.24, 2.45) is 0 Å². The minimum atomic E-state index is -0.0480. The van der Waals surface area contributed by atoms with E-state index in [1.165, 1.54) is 0 Å². The van der Waals surface area contributed by atoms with Gasteiger partial charge in [0.1, 0.15) is 5.82 Å². The second kappa shape index (κ2) is 6.35. The maximum Gasteiger partial charge on any atom is 0.325 e. The lowest BCUT2D eigenvalue weighted by atomic mass is 10.3. The third-order valence-corrected chi connectivity index (χ3v) is 2.56. The van der Waals surface area contributed by atoms with E-state index >= 15 is 0 Å². The Morgan fingerprint density at radius 1 is 1.17 bits per heavy atom. The molecule has 5 heteroatoms. The van der Waals surface area contributed by atoms with Crippen molar-refractivity contribution in [2.75, 3.05) is 46.2 Å². The lowest BCUT2D eigenvalue weighted by Crippen LogP contribution is -2.43. The molecule has 5 nitrogen and oxygen atoms in total. The van der Waals surface area contributed by atoms with Crippen molar-refractivity contribution < 1.29 is 4.79 Å². The number of hydrogen-bond acceptors (Lipinski definition) is 3. The molecule has 0 atom stereocenters.